The molecule has 9 heteroatoms. The fourth-order valence-electron chi connectivity index (χ4n) is 4.84. The minimum absolute atomic E-state index is 0.0144. The summed E-state index contributed by atoms with van der Waals surface area (Å²) >= 11 is 0. The molecule has 0 spiro atoms. The molecule has 2 N–H and O–H groups in total. The summed E-state index contributed by atoms with van der Waals surface area (Å²) in [5, 5.41) is 5.95. The number of benzene rings is 1. The van der Waals surface area contributed by atoms with E-state index in [0.29, 0.717) is 30.1 Å². The Labute approximate surface area is 208 Å². The van der Waals surface area contributed by atoms with Gasteiger partial charge in [-0.2, -0.15) is 0 Å². The van der Waals surface area contributed by atoms with Crippen LogP contribution >= 0.6 is 0 Å². The van der Waals surface area contributed by atoms with Gasteiger partial charge in [-0.3, -0.25) is 9.59 Å². The van der Waals surface area contributed by atoms with Crippen LogP contribution in [0.3, 0.4) is 0 Å². The van der Waals surface area contributed by atoms with E-state index in [1.165, 1.54) is 13.3 Å². The second-order valence-electron chi connectivity index (χ2n) is 9.93. The molecule has 0 unspecified atom stereocenters. The summed E-state index contributed by atoms with van der Waals surface area (Å²) in [5.74, 6) is -0.0413. The highest BCUT2D eigenvalue weighted by molar-refractivity contribution is 5.99. The lowest BCUT2D eigenvalue weighted by Crippen LogP contribution is -2.53. The lowest BCUT2D eigenvalue weighted by molar-refractivity contribution is -0.114. The fraction of sp³-hybridized carbons (Fsp3) is 0.654. The van der Waals surface area contributed by atoms with Gasteiger partial charge in [0.05, 0.1) is 17.7 Å². The number of hydrogen-bond donors (Lipinski definition) is 2. The number of amides is 4. The molecule has 3 atom stereocenters. The molecule has 0 bridgehead atoms. The van der Waals surface area contributed by atoms with Crippen molar-refractivity contribution in [2.24, 2.45) is 5.92 Å². The topological polar surface area (TPSA) is 100 Å². The van der Waals surface area contributed by atoms with Gasteiger partial charge in [-0.15, -0.1) is 0 Å². The maximum atomic E-state index is 13.4. The number of carbonyl (C=O) groups is 3. The first-order chi connectivity index (χ1) is 16.7. The van der Waals surface area contributed by atoms with Gasteiger partial charge in [0.2, 0.25) is 5.91 Å². The monoisotopic (exact) mass is 488 g/mol. The Kier molecular flexibility index (Phi) is 9.37. The van der Waals surface area contributed by atoms with Gasteiger partial charge >= 0.3 is 6.03 Å². The van der Waals surface area contributed by atoms with E-state index in [2.05, 4.69) is 10.6 Å². The number of carbonyl (C=O) groups excluding carboxylic acids is 3. The molecule has 9 nitrogen and oxygen atoms in total. The summed E-state index contributed by atoms with van der Waals surface area (Å²) in [6.45, 7) is 6.48. The number of nitrogens with zero attached hydrogens (tertiary/aromatic N) is 2. The van der Waals surface area contributed by atoms with Crippen LogP contribution in [0.25, 0.3) is 0 Å². The number of rotatable bonds is 3. The highest BCUT2D eigenvalue weighted by Crippen LogP contribution is 2.27. The summed E-state index contributed by atoms with van der Waals surface area (Å²) in [5.41, 5.74) is 0.874. The zero-order chi connectivity index (χ0) is 25.5. The van der Waals surface area contributed by atoms with Crippen molar-refractivity contribution in [3.05, 3.63) is 23.8 Å². The summed E-state index contributed by atoms with van der Waals surface area (Å²) in [6.07, 6.45) is 5.27. The third kappa shape index (κ3) is 7.10. The Hall–Kier alpha value is -2.81. The van der Waals surface area contributed by atoms with Crippen molar-refractivity contribution < 1.29 is 23.9 Å². The molecule has 4 amide bonds. The van der Waals surface area contributed by atoms with E-state index >= 15 is 0 Å². The van der Waals surface area contributed by atoms with Gasteiger partial charge in [-0.1, -0.05) is 26.2 Å². The van der Waals surface area contributed by atoms with Crippen LogP contribution in [0.4, 0.5) is 10.5 Å². The summed E-state index contributed by atoms with van der Waals surface area (Å²) in [6, 6.07) is 4.91. The van der Waals surface area contributed by atoms with Crippen LogP contribution in [0.15, 0.2) is 18.2 Å². The highest BCUT2D eigenvalue weighted by Gasteiger charge is 2.31. The Morgan fingerprint density at radius 3 is 2.49 bits per heavy atom. The molecule has 2 aliphatic rings. The van der Waals surface area contributed by atoms with Crippen LogP contribution in [-0.4, -0.2) is 79.7 Å². The molecule has 1 aliphatic heterocycles. The number of likely N-dealkylation sites (N-methyl/N-ethyl adjacent to an activating group) is 1. The first-order valence-corrected chi connectivity index (χ1v) is 12.6. The van der Waals surface area contributed by atoms with Gasteiger partial charge in [0.15, 0.2) is 0 Å². The Morgan fingerprint density at radius 1 is 1.11 bits per heavy atom. The third-order valence-electron chi connectivity index (χ3n) is 6.96. The Balaban J connectivity index is 1.89. The number of anilines is 1. The van der Waals surface area contributed by atoms with E-state index in [1.807, 2.05) is 18.7 Å². The lowest BCUT2D eigenvalue weighted by atomic mass is 9.95. The molecule has 0 aromatic heterocycles. The fourth-order valence-corrected chi connectivity index (χ4v) is 4.84. The van der Waals surface area contributed by atoms with Crippen molar-refractivity contribution in [3.8, 4) is 5.75 Å². The van der Waals surface area contributed by atoms with Crippen LogP contribution in [0.2, 0.25) is 0 Å². The summed E-state index contributed by atoms with van der Waals surface area (Å²) in [4.78, 5) is 41.7. The number of urea groups is 1. The zero-order valence-corrected chi connectivity index (χ0v) is 21.6. The predicted octanol–water partition coefficient (Wildman–Crippen LogP) is 3.49. The van der Waals surface area contributed by atoms with Crippen LogP contribution in [0.1, 0.15) is 63.2 Å². The predicted molar refractivity (Wildman–Crippen MR) is 135 cm³/mol. The van der Waals surface area contributed by atoms with E-state index < -0.39 is 0 Å². The normalized spacial score (nSPS) is 24.5. The van der Waals surface area contributed by atoms with E-state index in [9.17, 15) is 14.4 Å². The highest BCUT2D eigenvalue weighted by atomic mass is 16.5. The molecule has 1 aromatic rings. The average molecular weight is 489 g/mol. The molecular weight excluding hydrogens is 448 g/mol. The van der Waals surface area contributed by atoms with Gasteiger partial charge < -0.3 is 29.9 Å². The molecule has 0 radical (unpaired) electrons. The summed E-state index contributed by atoms with van der Waals surface area (Å²) < 4.78 is 11.9. The molecule has 3 rings (SSSR count). The molecule has 194 valence electrons. The SMILES string of the molecule is CO[C@@H]1CN(C)C(=O)c2cc(NC(C)=O)ccc2OC[C@@H](C)N(C(=O)NC2CCCCC2)C[C@H]1C. The quantitative estimate of drug-likeness (QED) is 0.678. The molecule has 1 heterocycles. The van der Waals surface area contributed by atoms with Crippen molar-refractivity contribution >= 4 is 23.5 Å². The molecule has 0 saturated heterocycles. The minimum atomic E-state index is -0.261. The van der Waals surface area contributed by atoms with E-state index in [4.69, 9.17) is 9.47 Å². The maximum absolute atomic E-state index is 13.4. The second kappa shape index (κ2) is 12.2. The third-order valence-corrected chi connectivity index (χ3v) is 6.96. The first-order valence-electron chi connectivity index (χ1n) is 12.6. The van der Waals surface area contributed by atoms with Crippen molar-refractivity contribution in [1.82, 2.24) is 15.1 Å². The van der Waals surface area contributed by atoms with Gasteiger partial charge in [-0.25, -0.2) is 4.79 Å². The van der Waals surface area contributed by atoms with Gasteiger partial charge in [0.25, 0.3) is 5.91 Å². The van der Waals surface area contributed by atoms with Gasteiger partial charge in [-0.05, 0) is 38.0 Å². The zero-order valence-electron chi connectivity index (χ0n) is 21.6. The van der Waals surface area contributed by atoms with Crippen LogP contribution in [0, 0.1) is 5.92 Å². The van der Waals surface area contributed by atoms with Crippen LogP contribution in [-0.2, 0) is 9.53 Å². The van der Waals surface area contributed by atoms with E-state index in [0.717, 1.165) is 25.7 Å². The van der Waals surface area contributed by atoms with Crippen LogP contribution < -0.4 is 15.4 Å². The molecule has 1 fully saturated rings. The largest absolute Gasteiger partial charge is 0.491 e. The molecule has 1 aliphatic carbocycles. The molecule has 1 aromatic carbocycles. The van der Waals surface area contributed by atoms with Crippen molar-refractivity contribution in [3.63, 3.8) is 0 Å². The van der Waals surface area contributed by atoms with Gasteiger partial charge in [0.1, 0.15) is 12.4 Å². The Morgan fingerprint density at radius 2 is 1.83 bits per heavy atom. The molecule has 35 heavy (non-hydrogen) atoms. The number of methoxy groups -OCH3 is 1. The Bertz CT molecular complexity index is 902. The number of fused-ring (bicyclic) bond motifs is 1. The maximum Gasteiger partial charge on any atom is 0.317 e. The molecule has 1 saturated carbocycles. The van der Waals surface area contributed by atoms with E-state index in [-0.39, 0.29) is 48.6 Å². The van der Waals surface area contributed by atoms with E-state index in [1.54, 1.807) is 37.3 Å². The smallest absolute Gasteiger partial charge is 0.317 e. The molecular formula is C26H40N4O5. The van der Waals surface area contributed by atoms with Crippen LogP contribution in [0.5, 0.6) is 5.75 Å². The number of ether oxygens (including phenoxy) is 2. The second-order valence-corrected chi connectivity index (χ2v) is 9.93. The summed E-state index contributed by atoms with van der Waals surface area (Å²) in [7, 11) is 3.35. The van der Waals surface area contributed by atoms with Gasteiger partial charge in [0, 0.05) is 51.8 Å². The lowest BCUT2D eigenvalue weighted by Gasteiger charge is -2.37. The minimum Gasteiger partial charge on any atom is -0.491 e. The number of nitrogens with one attached hydrogen (secondary N) is 2. The van der Waals surface area contributed by atoms with Crippen molar-refractivity contribution in [1.29, 1.82) is 0 Å². The standard InChI is InChI=1S/C26H40N4O5/c1-17-14-30(26(33)28-20-9-7-6-8-10-20)18(2)16-35-23-12-11-21(27-19(3)31)13-22(23)25(32)29(4)15-24(17)34-5/h11-13,17-18,20,24H,6-10,14-16H2,1-5H3,(H,27,31)(H,28,33)/t17-,18-,24-/m1/s1. The number of hydrogen-bond acceptors (Lipinski definition) is 5. The van der Waals surface area contributed by atoms with Crippen molar-refractivity contribution in [2.45, 2.75) is 71.1 Å². The first kappa shape index (κ1) is 26.8. The van der Waals surface area contributed by atoms with Crippen molar-refractivity contribution in [2.75, 3.05) is 39.2 Å². The average Bonchev–Trinajstić information content (AvgIpc) is 2.83.